The molecule has 1 aromatic rings. The predicted octanol–water partition coefficient (Wildman–Crippen LogP) is 4.34. The van der Waals surface area contributed by atoms with Gasteiger partial charge in [0.25, 0.3) is 0 Å². The van der Waals surface area contributed by atoms with Crippen LogP contribution in [0.1, 0.15) is 58.1 Å². The second-order valence-corrected chi connectivity index (χ2v) is 5.17. The van der Waals surface area contributed by atoms with Gasteiger partial charge in [0.2, 0.25) is 0 Å². The van der Waals surface area contributed by atoms with Gasteiger partial charge in [0.05, 0.1) is 12.7 Å². The van der Waals surface area contributed by atoms with E-state index in [1.54, 1.807) is 0 Å². The molecule has 1 atom stereocenters. The maximum absolute atomic E-state index is 9.92. The molecule has 0 spiro atoms. The fourth-order valence-corrected chi connectivity index (χ4v) is 1.86. The summed E-state index contributed by atoms with van der Waals surface area (Å²) >= 11 is 0. The van der Waals surface area contributed by atoms with Gasteiger partial charge in [-0.2, -0.15) is 0 Å². The lowest BCUT2D eigenvalue weighted by Crippen LogP contribution is -2.05. The molecule has 0 aromatic heterocycles. The lowest BCUT2D eigenvalue weighted by molar-refractivity contribution is 0.127. The van der Waals surface area contributed by atoms with E-state index in [1.807, 2.05) is 38.1 Å². The Morgan fingerprint density at radius 1 is 1.06 bits per heavy atom. The first-order chi connectivity index (χ1) is 8.65. The summed E-state index contributed by atoms with van der Waals surface area (Å²) in [4.78, 5) is 0. The van der Waals surface area contributed by atoms with Crippen molar-refractivity contribution in [1.29, 1.82) is 0 Å². The van der Waals surface area contributed by atoms with Crippen molar-refractivity contribution in [3.8, 4) is 5.75 Å². The zero-order valence-electron chi connectivity index (χ0n) is 11.9. The van der Waals surface area contributed by atoms with Gasteiger partial charge in [-0.3, -0.25) is 0 Å². The van der Waals surface area contributed by atoms with Crippen molar-refractivity contribution in [1.82, 2.24) is 0 Å². The molecule has 2 heteroatoms. The van der Waals surface area contributed by atoms with E-state index in [0.717, 1.165) is 24.3 Å². The Labute approximate surface area is 111 Å². The molecule has 2 nitrogen and oxygen atoms in total. The normalized spacial score (nSPS) is 12.7. The van der Waals surface area contributed by atoms with Crippen LogP contribution in [0.3, 0.4) is 0 Å². The van der Waals surface area contributed by atoms with E-state index >= 15 is 0 Å². The van der Waals surface area contributed by atoms with E-state index in [1.165, 1.54) is 19.3 Å². The molecule has 0 aliphatic carbocycles. The largest absolute Gasteiger partial charge is 0.494 e. The van der Waals surface area contributed by atoms with Crippen LogP contribution in [0.5, 0.6) is 5.75 Å². The van der Waals surface area contributed by atoms with Crippen molar-refractivity contribution >= 4 is 0 Å². The van der Waals surface area contributed by atoms with E-state index < -0.39 is 0 Å². The molecule has 0 fully saturated rings. The van der Waals surface area contributed by atoms with Crippen LogP contribution in [-0.4, -0.2) is 11.7 Å². The third-order valence-electron chi connectivity index (χ3n) is 3.12. The van der Waals surface area contributed by atoms with Crippen LogP contribution in [0.2, 0.25) is 0 Å². The molecule has 0 amide bonds. The van der Waals surface area contributed by atoms with E-state index in [0.29, 0.717) is 0 Å². The number of aliphatic hydroxyl groups excluding tert-OH is 1. The number of unbranched alkanes of at least 4 members (excludes halogenated alkanes) is 3. The summed E-state index contributed by atoms with van der Waals surface area (Å²) < 4.78 is 5.67. The monoisotopic (exact) mass is 250 g/mol. The van der Waals surface area contributed by atoms with Crippen molar-refractivity contribution < 1.29 is 9.84 Å². The minimum absolute atomic E-state index is 0.241. The van der Waals surface area contributed by atoms with E-state index in [2.05, 4.69) is 6.92 Å². The molecule has 0 aliphatic heterocycles. The van der Waals surface area contributed by atoms with Crippen molar-refractivity contribution in [2.45, 2.75) is 52.6 Å². The summed E-state index contributed by atoms with van der Waals surface area (Å²) in [5.41, 5.74) is 0.961. The Hall–Kier alpha value is -1.02. The predicted molar refractivity (Wildman–Crippen MR) is 75.9 cm³/mol. The minimum atomic E-state index is -0.386. The first-order valence-corrected chi connectivity index (χ1v) is 7.06. The number of ether oxygens (including phenoxy) is 1. The van der Waals surface area contributed by atoms with Crippen LogP contribution in [-0.2, 0) is 0 Å². The second kappa shape index (κ2) is 8.15. The third-order valence-corrected chi connectivity index (χ3v) is 3.12. The van der Waals surface area contributed by atoms with Gasteiger partial charge >= 0.3 is 0 Å². The van der Waals surface area contributed by atoms with Crippen molar-refractivity contribution in [2.24, 2.45) is 5.92 Å². The van der Waals surface area contributed by atoms with Crippen LogP contribution in [0.15, 0.2) is 24.3 Å². The smallest absolute Gasteiger partial charge is 0.119 e. The molecular formula is C16H26O2. The molecule has 0 saturated heterocycles. The van der Waals surface area contributed by atoms with Crippen LogP contribution in [0.25, 0.3) is 0 Å². The SMILES string of the molecule is CCCCCCOc1ccc(C(O)C(C)C)cc1. The van der Waals surface area contributed by atoms with Gasteiger partial charge in [-0.15, -0.1) is 0 Å². The Morgan fingerprint density at radius 2 is 1.72 bits per heavy atom. The number of hydrogen-bond acceptors (Lipinski definition) is 2. The molecule has 102 valence electrons. The summed E-state index contributed by atoms with van der Waals surface area (Å²) in [5.74, 6) is 1.14. The minimum Gasteiger partial charge on any atom is -0.494 e. The van der Waals surface area contributed by atoms with Crippen LogP contribution < -0.4 is 4.74 Å². The van der Waals surface area contributed by atoms with Gasteiger partial charge in [-0.1, -0.05) is 52.2 Å². The average Bonchev–Trinajstić information content (AvgIpc) is 2.38. The van der Waals surface area contributed by atoms with Crippen LogP contribution in [0.4, 0.5) is 0 Å². The first kappa shape index (κ1) is 15.0. The fourth-order valence-electron chi connectivity index (χ4n) is 1.86. The molecule has 1 unspecified atom stereocenters. The van der Waals surface area contributed by atoms with Crippen LogP contribution in [0, 0.1) is 5.92 Å². The van der Waals surface area contributed by atoms with Gasteiger partial charge < -0.3 is 9.84 Å². The first-order valence-electron chi connectivity index (χ1n) is 7.06. The highest BCUT2D eigenvalue weighted by atomic mass is 16.5. The molecule has 0 aliphatic rings. The summed E-state index contributed by atoms with van der Waals surface area (Å²) in [5, 5.41) is 9.92. The Kier molecular flexibility index (Phi) is 6.81. The summed E-state index contributed by atoms with van der Waals surface area (Å²) in [7, 11) is 0. The molecule has 1 rings (SSSR count). The van der Waals surface area contributed by atoms with Gasteiger partial charge in [0, 0.05) is 0 Å². The summed E-state index contributed by atoms with van der Waals surface area (Å²) in [6, 6.07) is 7.79. The highest BCUT2D eigenvalue weighted by molar-refractivity contribution is 5.28. The van der Waals surface area contributed by atoms with Crippen molar-refractivity contribution in [2.75, 3.05) is 6.61 Å². The number of hydrogen-bond donors (Lipinski definition) is 1. The fraction of sp³-hybridized carbons (Fsp3) is 0.625. The Balaban J connectivity index is 2.36. The average molecular weight is 250 g/mol. The lowest BCUT2D eigenvalue weighted by Gasteiger charge is -2.15. The van der Waals surface area contributed by atoms with Crippen LogP contribution >= 0.6 is 0 Å². The number of benzene rings is 1. The van der Waals surface area contributed by atoms with Crippen molar-refractivity contribution in [3.63, 3.8) is 0 Å². The van der Waals surface area contributed by atoms with Crippen molar-refractivity contribution in [3.05, 3.63) is 29.8 Å². The Morgan fingerprint density at radius 3 is 2.28 bits per heavy atom. The van der Waals surface area contributed by atoms with Gasteiger partial charge in [0.15, 0.2) is 0 Å². The zero-order chi connectivity index (χ0) is 13.4. The lowest BCUT2D eigenvalue weighted by atomic mass is 9.99. The molecule has 1 N–H and O–H groups in total. The van der Waals surface area contributed by atoms with E-state index in [9.17, 15) is 5.11 Å². The molecule has 18 heavy (non-hydrogen) atoms. The highest BCUT2D eigenvalue weighted by Gasteiger charge is 2.11. The molecular weight excluding hydrogens is 224 g/mol. The van der Waals surface area contributed by atoms with Gasteiger partial charge in [-0.25, -0.2) is 0 Å². The number of rotatable bonds is 8. The second-order valence-electron chi connectivity index (χ2n) is 5.17. The Bertz CT molecular complexity index is 316. The maximum atomic E-state index is 9.92. The summed E-state index contributed by atoms with van der Waals surface area (Å²) in [6.07, 6.45) is 4.50. The highest BCUT2D eigenvalue weighted by Crippen LogP contribution is 2.23. The topological polar surface area (TPSA) is 29.5 Å². The van der Waals surface area contributed by atoms with Gasteiger partial charge in [-0.05, 0) is 30.0 Å². The third kappa shape index (κ3) is 5.09. The molecule has 1 aromatic carbocycles. The molecule has 0 heterocycles. The molecule has 0 bridgehead atoms. The molecule has 0 saturated carbocycles. The van der Waals surface area contributed by atoms with E-state index in [-0.39, 0.29) is 12.0 Å². The van der Waals surface area contributed by atoms with E-state index in [4.69, 9.17) is 4.74 Å². The standard InChI is InChI=1S/C16H26O2/c1-4-5-6-7-12-18-15-10-8-14(9-11-15)16(17)13(2)3/h8-11,13,16-17H,4-7,12H2,1-3H3. The molecule has 0 radical (unpaired) electrons. The quantitative estimate of drug-likeness (QED) is 0.696. The summed E-state index contributed by atoms with van der Waals surface area (Å²) in [6.45, 7) is 7.03. The maximum Gasteiger partial charge on any atom is 0.119 e. The van der Waals surface area contributed by atoms with Gasteiger partial charge in [0.1, 0.15) is 5.75 Å². The zero-order valence-corrected chi connectivity index (χ0v) is 11.9. The number of aliphatic hydroxyl groups is 1.